The van der Waals surface area contributed by atoms with Gasteiger partial charge in [-0.05, 0) is 36.4 Å². The first kappa shape index (κ1) is 13.7. The molecule has 4 heterocycles. The molecular formula is C16H15BN4O3. The number of H-pyrrole nitrogens is 1. The Morgan fingerprint density at radius 1 is 1.33 bits per heavy atom. The number of aromatic nitrogens is 3. The van der Waals surface area contributed by atoms with Crippen LogP contribution in [0, 0.1) is 5.92 Å². The summed E-state index contributed by atoms with van der Waals surface area (Å²) in [4.78, 5) is 11.6. The molecule has 0 bridgehead atoms. The van der Waals surface area contributed by atoms with Crippen LogP contribution in [-0.4, -0.2) is 33.1 Å². The summed E-state index contributed by atoms with van der Waals surface area (Å²) in [6.07, 6.45) is 8.63. The Morgan fingerprint density at radius 3 is 3.08 bits per heavy atom. The number of hydrogen-bond donors (Lipinski definition) is 3. The molecule has 7 nitrogen and oxygen atoms in total. The quantitative estimate of drug-likeness (QED) is 0.640. The van der Waals surface area contributed by atoms with E-state index in [2.05, 4.69) is 20.3 Å². The van der Waals surface area contributed by atoms with E-state index >= 15 is 0 Å². The minimum atomic E-state index is -0.926. The van der Waals surface area contributed by atoms with Crippen molar-refractivity contribution in [3.8, 4) is 5.75 Å². The second kappa shape index (κ2) is 5.14. The third kappa shape index (κ3) is 2.10. The zero-order valence-electron chi connectivity index (χ0n) is 12.8. The molecule has 3 N–H and O–H groups in total. The number of anilines is 1. The Morgan fingerprint density at radius 2 is 2.25 bits per heavy atom. The van der Waals surface area contributed by atoms with Gasteiger partial charge in [-0.1, -0.05) is 0 Å². The Bertz CT molecular complexity index is 915. The second-order valence-electron chi connectivity index (χ2n) is 6.21. The predicted octanol–water partition coefficient (Wildman–Crippen LogP) is 2.24. The summed E-state index contributed by atoms with van der Waals surface area (Å²) in [6, 6.07) is 2.87. The maximum absolute atomic E-state index is 10.0. The first-order chi connectivity index (χ1) is 11.8. The topological polar surface area (TPSA) is 96.2 Å². The Kier molecular flexibility index (Phi) is 2.93. The van der Waals surface area contributed by atoms with Crippen LogP contribution in [0.25, 0.3) is 16.6 Å². The molecule has 24 heavy (non-hydrogen) atoms. The Labute approximate surface area is 137 Å². The average Bonchev–Trinajstić information content (AvgIpc) is 3.20. The van der Waals surface area contributed by atoms with Crippen LogP contribution >= 0.6 is 0 Å². The van der Waals surface area contributed by atoms with Gasteiger partial charge in [-0.25, -0.2) is 9.97 Å². The van der Waals surface area contributed by atoms with Gasteiger partial charge in [-0.15, -0.1) is 0 Å². The zero-order valence-corrected chi connectivity index (χ0v) is 12.8. The molecule has 0 saturated heterocycles. The lowest BCUT2D eigenvalue weighted by atomic mass is 9.68. The van der Waals surface area contributed by atoms with Gasteiger partial charge < -0.3 is 24.4 Å². The molecule has 0 aromatic carbocycles. The molecule has 1 aliphatic heterocycles. The molecule has 3 aromatic heterocycles. The van der Waals surface area contributed by atoms with Crippen molar-refractivity contribution in [3.63, 3.8) is 0 Å². The van der Waals surface area contributed by atoms with Gasteiger partial charge in [0.2, 0.25) is 0 Å². The van der Waals surface area contributed by atoms with Gasteiger partial charge >= 0.3 is 7.12 Å². The molecule has 0 unspecified atom stereocenters. The average molecular weight is 322 g/mol. The smallest absolute Gasteiger partial charge is 0.531 e. The number of pyridine rings is 1. The van der Waals surface area contributed by atoms with E-state index in [1.54, 1.807) is 24.6 Å². The summed E-state index contributed by atoms with van der Waals surface area (Å²) in [6.45, 7) is 0. The highest BCUT2D eigenvalue weighted by Gasteiger charge is 2.37. The standard InChI is InChI=1S/C16H15BN4O3/c22-17-7-12(9-5-10(6-9)21-16-19-3-4-23-16)14-11-1-2-18-15(11)20-8-13(14)24-17/h1-4,7-10,22H,5-6H2,(H,18,20)(H,19,21). The molecule has 0 spiro atoms. The van der Waals surface area contributed by atoms with Gasteiger partial charge in [0.15, 0.2) is 0 Å². The van der Waals surface area contributed by atoms with Gasteiger partial charge in [0.1, 0.15) is 17.7 Å². The van der Waals surface area contributed by atoms with E-state index in [-0.39, 0.29) is 0 Å². The first-order valence-electron chi connectivity index (χ1n) is 7.97. The fourth-order valence-electron chi connectivity index (χ4n) is 3.58. The summed E-state index contributed by atoms with van der Waals surface area (Å²) in [7, 11) is -0.926. The molecular weight excluding hydrogens is 307 g/mol. The van der Waals surface area contributed by atoms with Crippen LogP contribution in [0.1, 0.15) is 18.4 Å². The molecule has 120 valence electrons. The van der Waals surface area contributed by atoms with Crippen LogP contribution in [0.3, 0.4) is 0 Å². The van der Waals surface area contributed by atoms with Crippen LogP contribution in [0.4, 0.5) is 6.01 Å². The van der Waals surface area contributed by atoms with Gasteiger partial charge in [-0.3, -0.25) is 0 Å². The van der Waals surface area contributed by atoms with Crippen molar-refractivity contribution in [2.75, 3.05) is 5.32 Å². The number of hydrogen-bond acceptors (Lipinski definition) is 6. The van der Waals surface area contributed by atoms with E-state index in [9.17, 15) is 5.02 Å². The van der Waals surface area contributed by atoms with Gasteiger partial charge in [0, 0.05) is 23.2 Å². The lowest BCUT2D eigenvalue weighted by molar-refractivity contribution is 0.345. The van der Waals surface area contributed by atoms with Crippen LogP contribution < -0.4 is 9.97 Å². The maximum Gasteiger partial charge on any atom is 0.552 e. The van der Waals surface area contributed by atoms with Crippen LogP contribution in [0.2, 0.25) is 0 Å². The number of oxazole rings is 1. The minimum Gasteiger partial charge on any atom is -0.531 e. The van der Waals surface area contributed by atoms with E-state index in [0.717, 1.165) is 35.0 Å². The summed E-state index contributed by atoms with van der Waals surface area (Å²) in [5.74, 6) is 2.80. The third-order valence-corrected chi connectivity index (χ3v) is 4.75. The SMILES string of the molecule is OB1C=C(C2CC(Nc3ncco3)C2)c2c(cnc3[nH]ccc23)O1. The number of allylic oxidation sites excluding steroid dienone is 1. The molecule has 1 aliphatic carbocycles. The molecule has 1 saturated carbocycles. The van der Waals surface area contributed by atoms with Crippen molar-refractivity contribution in [2.45, 2.75) is 18.9 Å². The van der Waals surface area contributed by atoms with E-state index < -0.39 is 7.12 Å². The molecule has 2 aliphatic rings. The number of nitrogens with one attached hydrogen (secondary N) is 2. The summed E-state index contributed by atoms with van der Waals surface area (Å²) < 4.78 is 10.8. The largest absolute Gasteiger partial charge is 0.552 e. The molecule has 0 amide bonds. The van der Waals surface area contributed by atoms with E-state index in [0.29, 0.717) is 23.7 Å². The Balaban J connectivity index is 1.43. The third-order valence-electron chi connectivity index (χ3n) is 4.75. The molecule has 0 radical (unpaired) electrons. The van der Waals surface area contributed by atoms with Gasteiger partial charge in [0.05, 0.1) is 12.4 Å². The van der Waals surface area contributed by atoms with Crippen molar-refractivity contribution in [3.05, 3.63) is 42.5 Å². The highest BCUT2D eigenvalue weighted by Crippen LogP contribution is 2.46. The predicted molar refractivity (Wildman–Crippen MR) is 89.3 cm³/mol. The fourth-order valence-corrected chi connectivity index (χ4v) is 3.58. The highest BCUT2D eigenvalue weighted by atomic mass is 16.5. The molecule has 1 fully saturated rings. The lowest BCUT2D eigenvalue weighted by Crippen LogP contribution is -2.37. The summed E-state index contributed by atoms with van der Waals surface area (Å²) in [5.41, 5.74) is 2.99. The monoisotopic (exact) mass is 322 g/mol. The van der Waals surface area contributed by atoms with Gasteiger partial charge in [0.25, 0.3) is 6.01 Å². The lowest BCUT2D eigenvalue weighted by Gasteiger charge is -2.39. The normalized spacial score (nSPS) is 22.5. The second-order valence-corrected chi connectivity index (χ2v) is 6.21. The van der Waals surface area contributed by atoms with Crippen LogP contribution in [-0.2, 0) is 0 Å². The number of fused-ring (bicyclic) bond motifs is 3. The van der Waals surface area contributed by atoms with Crippen molar-refractivity contribution in [1.29, 1.82) is 0 Å². The van der Waals surface area contributed by atoms with Crippen LogP contribution in [0.15, 0.2) is 41.3 Å². The Hall–Kier alpha value is -2.74. The number of aromatic amines is 1. The van der Waals surface area contributed by atoms with E-state index in [1.807, 2.05) is 12.3 Å². The molecule has 0 atom stereocenters. The fraction of sp³-hybridized carbons (Fsp3) is 0.250. The first-order valence-corrected chi connectivity index (χ1v) is 7.97. The van der Waals surface area contributed by atoms with Crippen molar-refractivity contribution in [2.24, 2.45) is 5.92 Å². The summed E-state index contributed by atoms with van der Waals surface area (Å²) >= 11 is 0. The van der Waals surface area contributed by atoms with Gasteiger partial charge in [-0.2, -0.15) is 0 Å². The molecule has 5 rings (SSSR count). The van der Waals surface area contributed by atoms with E-state index in [4.69, 9.17) is 9.07 Å². The van der Waals surface area contributed by atoms with Crippen molar-refractivity contribution < 1.29 is 14.1 Å². The van der Waals surface area contributed by atoms with Crippen molar-refractivity contribution >= 4 is 29.7 Å². The molecule has 8 heteroatoms. The maximum atomic E-state index is 10.0. The zero-order chi connectivity index (χ0) is 16.1. The number of rotatable bonds is 3. The summed E-state index contributed by atoms with van der Waals surface area (Å²) in [5, 5.41) is 14.3. The van der Waals surface area contributed by atoms with Crippen molar-refractivity contribution in [1.82, 2.24) is 15.0 Å². The highest BCUT2D eigenvalue weighted by molar-refractivity contribution is 6.52. The van der Waals surface area contributed by atoms with E-state index in [1.165, 1.54) is 0 Å². The minimum absolute atomic E-state index is 0.321. The molecule has 3 aromatic rings. The van der Waals surface area contributed by atoms with Crippen LogP contribution in [0.5, 0.6) is 5.75 Å². The number of nitrogens with zero attached hydrogens (tertiary/aromatic N) is 2.